The number of hydrogen-bond acceptors (Lipinski definition) is 22. The molecule has 0 saturated carbocycles. The van der Waals surface area contributed by atoms with Gasteiger partial charge in [-0.25, -0.2) is 0 Å². The zero-order valence-corrected chi connectivity index (χ0v) is 66.9. The third-order valence-electron chi connectivity index (χ3n) is 18.4. The van der Waals surface area contributed by atoms with Gasteiger partial charge in [0, 0.05) is 261 Å². The minimum atomic E-state index is -1.75. The molecule has 0 bridgehead atoms. The van der Waals surface area contributed by atoms with Crippen LogP contribution in [0, 0.1) is 0 Å². The minimum absolute atomic E-state index is 0.0545. The van der Waals surface area contributed by atoms with Crippen LogP contribution in [0.25, 0.3) is 94.0 Å². The number of azide groups is 9. The van der Waals surface area contributed by atoms with E-state index in [4.69, 9.17) is 55.5 Å². The highest BCUT2D eigenvalue weighted by Gasteiger charge is 2.39. The predicted octanol–water partition coefficient (Wildman–Crippen LogP) is 7.57. The second-order valence-corrected chi connectivity index (χ2v) is 27.4. The summed E-state index contributed by atoms with van der Waals surface area (Å²) in [6, 6.07) is 0. The minimum Gasteiger partial charge on any atom is -0.356 e. The molecule has 0 unspecified atom stereocenters. The third kappa shape index (κ3) is 58.3. The molecule has 118 heavy (non-hydrogen) atoms. The van der Waals surface area contributed by atoms with Gasteiger partial charge in [-0.1, -0.05) is 46.0 Å². The molecule has 0 spiro atoms. The van der Waals surface area contributed by atoms with Crippen molar-refractivity contribution >= 4 is 70.9 Å². The van der Waals surface area contributed by atoms with Crippen molar-refractivity contribution < 1.29 is 57.5 Å². The highest BCUT2D eigenvalue weighted by Crippen LogP contribution is 2.32. The van der Waals surface area contributed by atoms with Crippen LogP contribution in [0.4, 0.5) is 0 Å². The van der Waals surface area contributed by atoms with Crippen LogP contribution in [0.2, 0.25) is 0 Å². The quantitative estimate of drug-likeness (QED) is 0.0121. The Labute approximate surface area is 681 Å². The lowest BCUT2D eigenvalue weighted by atomic mass is 9.80. The second kappa shape index (κ2) is 68.8. The number of carbonyl (C=O) groups excluding carboxylic acids is 12. The Morgan fingerprint density at radius 1 is 0.203 bits per heavy atom. The first-order chi connectivity index (χ1) is 56.9. The van der Waals surface area contributed by atoms with Crippen LogP contribution < -0.4 is 69.5 Å². The second-order valence-electron chi connectivity index (χ2n) is 27.4. The zero-order valence-electron chi connectivity index (χ0n) is 66.9. The largest absolute Gasteiger partial charge is 0.356 e. The van der Waals surface area contributed by atoms with E-state index in [1.807, 2.05) is 0 Å². The Morgan fingerprint density at radius 2 is 0.339 bits per heavy atom. The number of nitrogens with one attached hydrogen (secondary N) is 12. The van der Waals surface area contributed by atoms with Gasteiger partial charge in [-0.05, 0) is 178 Å². The number of nitrogens with zero attached hydrogens (tertiary/aromatic N) is 27. The summed E-state index contributed by atoms with van der Waals surface area (Å²) in [5, 5.41) is 64.7. The molecule has 12 amide bonds. The molecule has 0 aliphatic carbocycles. The molecule has 0 aliphatic heterocycles. The van der Waals surface area contributed by atoms with Crippen molar-refractivity contribution in [3.8, 4) is 0 Å². The summed E-state index contributed by atoms with van der Waals surface area (Å²) in [5.41, 5.74) is 80.3. The van der Waals surface area contributed by atoms with Crippen LogP contribution in [-0.2, 0) is 57.5 Å². The van der Waals surface area contributed by atoms with Crippen LogP contribution in [-0.4, -0.2) is 211 Å². The maximum atomic E-state index is 15.1. The highest BCUT2D eigenvalue weighted by atomic mass is 16.2. The van der Waals surface area contributed by atoms with Crippen molar-refractivity contribution in [1.29, 1.82) is 0 Å². The van der Waals surface area contributed by atoms with Crippen molar-refractivity contribution in [1.82, 2.24) is 63.8 Å². The maximum absolute atomic E-state index is 15.1. The fraction of sp³-hybridized carbons (Fsp3) is 0.818. The van der Waals surface area contributed by atoms with Crippen LogP contribution in [0.15, 0.2) is 46.0 Å². The molecule has 0 aliphatic rings. The first-order valence-electron chi connectivity index (χ1n) is 39.1. The van der Waals surface area contributed by atoms with Gasteiger partial charge in [0.25, 0.3) is 0 Å². The van der Waals surface area contributed by atoms with Crippen molar-refractivity contribution in [2.45, 2.75) is 228 Å². The molecule has 0 heterocycles. The van der Waals surface area contributed by atoms with Crippen LogP contribution in [0.1, 0.15) is 205 Å². The SMILES string of the molecule is [N-]=[N+]=NCCCNC(=O)CCC(CCC(=O)NCCCN=[N+]=[N-])(CCC(=O)NCCCN=[N+]=[N-])NC(=O)CCC(N)(CCC(=O)NC(CCC(=O)NCCCN=[N+]=[N-])(CCC(=O)NCCCN=[N+]=[N-])CCC(=O)NCCCN=[N+]=[N-])CCC(=O)NC(CCC(=O)NCCCN=[N+]=[N-])(CCC(=O)NCCCN=[N+]=[N-])CCC(=O)NCCN=[N+]=[N-]. The average molecular weight is 1660 g/mol. The maximum Gasteiger partial charge on any atom is 0.220 e. The predicted molar refractivity (Wildman–Crippen MR) is 430 cm³/mol. The Bertz CT molecular complexity index is 3220. The number of carbonyl (C=O) groups is 12. The van der Waals surface area contributed by atoms with Gasteiger partial charge in [0.2, 0.25) is 70.9 Å². The Morgan fingerprint density at radius 3 is 0.492 bits per heavy atom. The molecule has 0 rings (SSSR count). The molecule has 14 N–H and O–H groups in total. The van der Waals surface area contributed by atoms with Crippen LogP contribution >= 0.6 is 0 Å². The van der Waals surface area contributed by atoms with E-state index in [0.29, 0.717) is 0 Å². The van der Waals surface area contributed by atoms with Crippen molar-refractivity contribution in [3.05, 3.63) is 94.0 Å². The van der Waals surface area contributed by atoms with Gasteiger partial charge in [0.15, 0.2) is 0 Å². The van der Waals surface area contributed by atoms with Crippen molar-refractivity contribution in [2.24, 2.45) is 51.8 Å². The number of nitrogens with two attached hydrogens (primary N) is 1. The molecule has 0 aromatic carbocycles. The number of amides is 12. The van der Waals surface area contributed by atoms with E-state index in [0.717, 1.165) is 0 Å². The lowest BCUT2D eigenvalue weighted by Crippen LogP contribution is -2.53. The lowest BCUT2D eigenvalue weighted by Gasteiger charge is -2.37. The molecule has 0 radical (unpaired) electrons. The van der Waals surface area contributed by atoms with E-state index >= 15 is 14.4 Å². The Hall–Kier alpha value is -12.6. The van der Waals surface area contributed by atoms with Gasteiger partial charge in [-0.3, -0.25) is 57.5 Å². The molecule has 0 atom stereocenters. The summed E-state index contributed by atoms with van der Waals surface area (Å²) in [4.78, 5) is 192. The van der Waals surface area contributed by atoms with E-state index in [2.05, 4.69) is 154 Å². The summed E-state index contributed by atoms with van der Waals surface area (Å²) in [6.07, 6.45) is -4.84. The summed E-state index contributed by atoms with van der Waals surface area (Å²) < 4.78 is 0. The molecule has 0 aromatic rings. The lowest BCUT2D eigenvalue weighted by molar-refractivity contribution is -0.128. The van der Waals surface area contributed by atoms with Crippen molar-refractivity contribution in [3.63, 3.8) is 0 Å². The summed E-state index contributed by atoms with van der Waals surface area (Å²) in [7, 11) is 0. The van der Waals surface area contributed by atoms with E-state index < -0.39 is 112 Å². The molecule has 650 valence electrons. The summed E-state index contributed by atoms with van der Waals surface area (Å²) in [6.45, 7) is 0.912. The van der Waals surface area contributed by atoms with Crippen LogP contribution in [0.3, 0.4) is 0 Å². The molecule has 52 nitrogen and oxygen atoms in total. The zero-order chi connectivity index (χ0) is 87.5. The normalized spacial score (nSPS) is 12.3. The Kier molecular flexibility index (Phi) is 61.4. The highest BCUT2D eigenvalue weighted by molar-refractivity contribution is 5.83. The third-order valence-corrected chi connectivity index (χ3v) is 18.4. The smallest absolute Gasteiger partial charge is 0.220 e. The van der Waals surface area contributed by atoms with Gasteiger partial charge in [0.05, 0.1) is 0 Å². The fourth-order valence-electron chi connectivity index (χ4n) is 11.9. The van der Waals surface area contributed by atoms with Gasteiger partial charge >= 0.3 is 0 Å². The molecular formula is C66H114N40O12. The fourth-order valence-corrected chi connectivity index (χ4v) is 11.9. The van der Waals surface area contributed by atoms with Crippen molar-refractivity contribution in [2.75, 3.05) is 118 Å². The summed E-state index contributed by atoms with van der Waals surface area (Å²) >= 11 is 0. The van der Waals surface area contributed by atoms with Gasteiger partial charge in [-0.2, -0.15) is 0 Å². The number of rotatable bonds is 74. The first kappa shape index (κ1) is 105. The molecule has 52 heteroatoms. The number of hydrogen-bond donors (Lipinski definition) is 13. The molecule has 0 saturated heterocycles. The van der Waals surface area contributed by atoms with Gasteiger partial charge in [0.1, 0.15) is 0 Å². The Balaban J connectivity index is 8.61. The van der Waals surface area contributed by atoms with E-state index in [1.165, 1.54) is 0 Å². The molecular weight excluding hydrogens is 1540 g/mol. The molecule has 0 aromatic heterocycles. The van der Waals surface area contributed by atoms with Gasteiger partial charge < -0.3 is 69.5 Å². The summed E-state index contributed by atoms with van der Waals surface area (Å²) in [5.74, 6) is -6.99. The standard InChI is InChI=1S/C66H114N40O12/c67-63(23-11-62(118)97-66(32-20-59(115)85-49-50-94-106-76,30-18-57(113)83-39-7-47-92-104-74)31-19-58(114)84-40-8-48-93-105-75,21-9-60(116)95-64(24-12-51(107)77-33-1-41-86-98-68,25-13-52(108)78-34-2-42-87-99-69)26-14-53(109)79-35-3-43-88-100-70)22-10-61(117)96-65(27-15-54(110)80-36-4-44-89-101-71,28-16-55(111)81-37-5-45-90-102-72)29-17-56(112)82-38-6-46-91-103-73/h1-50,67H2,(H,77,107)(H,78,108)(H,79,109)(H,80,110)(H,81,111)(H,82,112)(H,83,113)(H,84,114)(H,85,115)(H,95,116)(H,96,117)(H,97,118). The van der Waals surface area contributed by atoms with Gasteiger partial charge in [-0.15, -0.1) is 0 Å². The van der Waals surface area contributed by atoms with E-state index in [9.17, 15) is 43.2 Å². The monoisotopic (exact) mass is 1660 g/mol. The van der Waals surface area contributed by atoms with E-state index in [1.54, 1.807) is 0 Å². The molecule has 0 fully saturated rings. The topological polar surface area (TPSA) is 814 Å². The first-order valence-corrected chi connectivity index (χ1v) is 39.1. The van der Waals surface area contributed by atoms with Crippen LogP contribution in [0.5, 0.6) is 0 Å². The van der Waals surface area contributed by atoms with E-state index in [-0.39, 0.29) is 304 Å². The average Bonchev–Trinajstić information content (AvgIpc) is 0.848.